The molecule has 0 radical (unpaired) electrons. The molecule has 0 aromatic heterocycles. The summed E-state index contributed by atoms with van der Waals surface area (Å²) >= 11 is 5.97. The van der Waals surface area contributed by atoms with Gasteiger partial charge in [-0.3, -0.25) is 14.5 Å². The van der Waals surface area contributed by atoms with Crippen molar-refractivity contribution in [2.24, 2.45) is 0 Å². The monoisotopic (exact) mass is 341 g/mol. The first kappa shape index (κ1) is 17.7. The lowest BCUT2D eigenvalue weighted by atomic mass is 10.2. The maximum atomic E-state index is 13.7. The van der Waals surface area contributed by atoms with Crippen LogP contribution in [0.4, 0.5) is 4.39 Å². The second kappa shape index (κ2) is 8.26. The van der Waals surface area contributed by atoms with Gasteiger partial charge in [-0.05, 0) is 32.0 Å². The van der Waals surface area contributed by atoms with Crippen molar-refractivity contribution >= 4 is 23.4 Å². The summed E-state index contributed by atoms with van der Waals surface area (Å²) in [6.45, 7) is 1.82. The van der Waals surface area contributed by atoms with Crippen LogP contribution in [0.1, 0.15) is 18.4 Å². The topological polar surface area (TPSA) is 52.7 Å². The van der Waals surface area contributed by atoms with E-state index in [1.54, 1.807) is 22.9 Å². The summed E-state index contributed by atoms with van der Waals surface area (Å²) in [6, 6.07) is 4.49. The fraction of sp³-hybridized carbons (Fsp3) is 0.500. The molecule has 1 fully saturated rings. The zero-order valence-electron chi connectivity index (χ0n) is 13.1. The number of likely N-dealkylation sites (tertiary alicyclic amines) is 1. The van der Waals surface area contributed by atoms with E-state index in [0.717, 1.165) is 25.9 Å². The van der Waals surface area contributed by atoms with Gasteiger partial charge in [0.05, 0.1) is 13.1 Å². The SMILES string of the molecule is CN(CC(=O)NCC(=O)N1CCCC1)Cc1c(F)cccc1Cl. The molecule has 1 aliphatic heterocycles. The minimum Gasteiger partial charge on any atom is -0.346 e. The molecule has 2 rings (SSSR count). The second-order valence-electron chi connectivity index (χ2n) is 5.74. The Bertz CT molecular complexity index is 556. The molecule has 1 aliphatic rings. The molecule has 0 bridgehead atoms. The Morgan fingerprint density at radius 1 is 1.35 bits per heavy atom. The van der Waals surface area contributed by atoms with Gasteiger partial charge in [0.15, 0.2) is 0 Å². The number of hydrogen-bond acceptors (Lipinski definition) is 3. The molecule has 1 aromatic carbocycles. The Morgan fingerprint density at radius 3 is 2.70 bits per heavy atom. The van der Waals surface area contributed by atoms with Gasteiger partial charge >= 0.3 is 0 Å². The molecular formula is C16H21ClFN3O2. The third-order valence-electron chi connectivity index (χ3n) is 3.80. The summed E-state index contributed by atoms with van der Waals surface area (Å²) in [5.74, 6) is -0.725. The zero-order valence-corrected chi connectivity index (χ0v) is 13.9. The van der Waals surface area contributed by atoms with Crippen LogP contribution < -0.4 is 5.32 Å². The van der Waals surface area contributed by atoms with Crippen LogP contribution in [-0.4, -0.2) is 54.8 Å². The predicted octanol–water partition coefficient (Wildman–Crippen LogP) is 1.65. The summed E-state index contributed by atoms with van der Waals surface area (Å²) < 4.78 is 13.7. The van der Waals surface area contributed by atoms with Gasteiger partial charge in [-0.1, -0.05) is 17.7 Å². The van der Waals surface area contributed by atoms with Gasteiger partial charge in [0, 0.05) is 30.2 Å². The van der Waals surface area contributed by atoms with E-state index in [9.17, 15) is 14.0 Å². The number of halogens is 2. The lowest BCUT2D eigenvalue weighted by Crippen LogP contribution is -2.42. The van der Waals surface area contributed by atoms with Crippen LogP contribution in [-0.2, 0) is 16.1 Å². The Labute approximate surface area is 140 Å². The Balaban J connectivity index is 1.77. The average Bonchev–Trinajstić information content (AvgIpc) is 3.03. The van der Waals surface area contributed by atoms with Crippen LogP contribution in [0, 0.1) is 5.82 Å². The van der Waals surface area contributed by atoms with Crippen molar-refractivity contribution in [3.05, 3.63) is 34.6 Å². The highest BCUT2D eigenvalue weighted by Gasteiger charge is 2.18. The summed E-state index contributed by atoms with van der Waals surface area (Å²) in [6.07, 6.45) is 2.04. The highest BCUT2D eigenvalue weighted by Crippen LogP contribution is 2.20. The molecular weight excluding hydrogens is 321 g/mol. The largest absolute Gasteiger partial charge is 0.346 e. The Hall–Kier alpha value is -1.66. The minimum atomic E-state index is -0.394. The lowest BCUT2D eigenvalue weighted by molar-refractivity contribution is -0.132. The number of amides is 2. The molecule has 0 spiro atoms. The van der Waals surface area contributed by atoms with Gasteiger partial charge in [0.25, 0.3) is 0 Å². The van der Waals surface area contributed by atoms with Crippen LogP contribution in [0.5, 0.6) is 0 Å². The van der Waals surface area contributed by atoms with Crippen molar-refractivity contribution < 1.29 is 14.0 Å². The number of carbonyl (C=O) groups excluding carboxylic acids is 2. The molecule has 0 unspecified atom stereocenters. The fourth-order valence-electron chi connectivity index (χ4n) is 2.56. The molecule has 23 heavy (non-hydrogen) atoms. The Morgan fingerprint density at radius 2 is 2.04 bits per heavy atom. The van der Waals surface area contributed by atoms with Crippen molar-refractivity contribution in [1.29, 1.82) is 0 Å². The molecule has 0 aliphatic carbocycles. The van der Waals surface area contributed by atoms with E-state index in [-0.39, 0.29) is 31.4 Å². The number of benzene rings is 1. The smallest absolute Gasteiger partial charge is 0.241 e. The van der Waals surface area contributed by atoms with Crippen molar-refractivity contribution in [2.45, 2.75) is 19.4 Å². The van der Waals surface area contributed by atoms with Crippen molar-refractivity contribution in [3.63, 3.8) is 0 Å². The number of nitrogens with zero attached hydrogens (tertiary/aromatic N) is 2. The molecule has 5 nitrogen and oxygen atoms in total. The first-order chi connectivity index (χ1) is 11.0. The summed E-state index contributed by atoms with van der Waals surface area (Å²) in [5.41, 5.74) is 0.359. The van der Waals surface area contributed by atoms with Gasteiger partial charge in [0.1, 0.15) is 5.82 Å². The van der Waals surface area contributed by atoms with Crippen molar-refractivity contribution in [3.8, 4) is 0 Å². The molecule has 0 atom stereocenters. The van der Waals surface area contributed by atoms with Gasteiger partial charge in [-0.25, -0.2) is 4.39 Å². The number of nitrogens with one attached hydrogen (secondary N) is 1. The Kier molecular flexibility index (Phi) is 6.36. The van der Waals surface area contributed by atoms with Gasteiger partial charge in [0.2, 0.25) is 11.8 Å². The number of likely N-dealkylation sites (N-methyl/N-ethyl adjacent to an activating group) is 1. The van der Waals surface area contributed by atoms with Crippen LogP contribution in [0.2, 0.25) is 5.02 Å². The summed E-state index contributed by atoms with van der Waals surface area (Å²) in [7, 11) is 1.70. The average molecular weight is 342 g/mol. The quantitative estimate of drug-likeness (QED) is 0.856. The summed E-state index contributed by atoms with van der Waals surface area (Å²) in [4.78, 5) is 27.1. The van der Waals surface area contributed by atoms with E-state index in [1.807, 2.05) is 0 Å². The molecule has 7 heteroatoms. The maximum absolute atomic E-state index is 13.7. The molecule has 1 N–H and O–H groups in total. The number of hydrogen-bond donors (Lipinski definition) is 1. The van der Waals surface area contributed by atoms with E-state index in [1.165, 1.54) is 12.1 Å². The zero-order chi connectivity index (χ0) is 16.8. The van der Waals surface area contributed by atoms with Crippen LogP contribution in [0.25, 0.3) is 0 Å². The third-order valence-corrected chi connectivity index (χ3v) is 4.15. The minimum absolute atomic E-state index is 0.00707. The second-order valence-corrected chi connectivity index (χ2v) is 6.14. The molecule has 1 saturated heterocycles. The normalized spacial score (nSPS) is 14.3. The fourth-order valence-corrected chi connectivity index (χ4v) is 2.79. The number of rotatable bonds is 6. The van der Waals surface area contributed by atoms with E-state index >= 15 is 0 Å². The van der Waals surface area contributed by atoms with E-state index in [2.05, 4.69) is 5.32 Å². The van der Waals surface area contributed by atoms with Gasteiger partial charge < -0.3 is 10.2 Å². The number of carbonyl (C=O) groups is 2. The molecule has 2 amide bonds. The van der Waals surface area contributed by atoms with Crippen LogP contribution >= 0.6 is 11.6 Å². The first-order valence-electron chi connectivity index (χ1n) is 7.63. The van der Waals surface area contributed by atoms with Crippen molar-refractivity contribution in [2.75, 3.05) is 33.2 Å². The van der Waals surface area contributed by atoms with E-state index in [4.69, 9.17) is 11.6 Å². The molecule has 1 aromatic rings. The van der Waals surface area contributed by atoms with Crippen molar-refractivity contribution in [1.82, 2.24) is 15.1 Å². The molecule has 0 saturated carbocycles. The van der Waals surface area contributed by atoms with E-state index in [0.29, 0.717) is 10.6 Å². The summed E-state index contributed by atoms with van der Waals surface area (Å²) in [5, 5.41) is 2.94. The van der Waals surface area contributed by atoms with Gasteiger partial charge in [-0.15, -0.1) is 0 Å². The first-order valence-corrected chi connectivity index (χ1v) is 8.01. The third kappa shape index (κ3) is 5.18. The highest BCUT2D eigenvalue weighted by atomic mass is 35.5. The van der Waals surface area contributed by atoms with Crippen LogP contribution in [0.15, 0.2) is 18.2 Å². The van der Waals surface area contributed by atoms with Crippen LogP contribution in [0.3, 0.4) is 0 Å². The van der Waals surface area contributed by atoms with Gasteiger partial charge in [-0.2, -0.15) is 0 Å². The predicted molar refractivity (Wildman–Crippen MR) is 86.6 cm³/mol. The highest BCUT2D eigenvalue weighted by molar-refractivity contribution is 6.31. The molecule has 126 valence electrons. The van der Waals surface area contributed by atoms with E-state index < -0.39 is 5.82 Å². The standard InChI is InChI=1S/C16H21ClFN3O2/c1-20(10-12-13(17)5-4-6-14(12)18)11-15(22)19-9-16(23)21-7-2-3-8-21/h4-6H,2-3,7-11H2,1H3,(H,19,22). The molecule has 1 heterocycles. The maximum Gasteiger partial charge on any atom is 0.241 e. The lowest BCUT2D eigenvalue weighted by Gasteiger charge is -2.19.